The third kappa shape index (κ3) is 5.39. The molecular formula is C26H32ClN5O4S. The quantitative estimate of drug-likeness (QED) is 0.310. The second kappa shape index (κ2) is 10.3. The molecule has 0 bridgehead atoms. The van der Waals surface area contributed by atoms with Crippen LogP contribution in [-0.2, 0) is 13.0 Å². The molecule has 198 valence electrons. The third-order valence-electron chi connectivity index (χ3n) is 7.55. The number of thiazole rings is 1. The van der Waals surface area contributed by atoms with E-state index in [0.29, 0.717) is 35.1 Å². The zero-order valence-corrected chi connectivity index (χ0v) is 22.5. The Morgan fingerprint density at radius 2 is 1.92 bits per heavy atom. The molecule has 1 aliphatic carbocycles. The zero-order valence-electron chi connectivity index (χ0n) is 20.9. The van der Waals surface area contributed by atoms with Gasteiger partial charge in [0.1, 0.15) is 5.69 Å². The molecule has 0 saturated heterocycles. The van der Waals surface area contributed by atoms with Crippen LogP contribution in [0.2, 0.25) is 5.02 Å². The van der Waals surface area contributed by atoms with E-state index in [9.17, 15) is 19.8 Å². The van der Waals surface area contributed by atoms with E-state index in [1.54, 1.807) is 18.2 Å². The van der Waals surface area contributed by atoms with Crippen LogP contribution in [0.5, 0.6) is 0 Å². The number of aromatic nitrogens is 2. The monoisotopic (exact) mass is 545 g/mol. The molecule has 2 aliphatic rings. The standard InChI is InChI=1S/C26H32ClN5O4S/c1-26(2,13-34)32-6-5-18-22(11-32)37-25(31-18)24(36)30-20-8-14(12-33)7-19(20)29-23(35)21-10-15-9-16(27)3-4-17(15)28-21/h3-4,9-10,14,19-20,28,33-34H,5-8,11-13H2,1-2H3,(H,29,35)(H,30,36)/t14?,19-,20-/m1/s1. The SMILES string of the molecule is CC(C)(CO)N1CCc2nc(C(=O)N[C@@H]3CC(CO)C[C@H]3NC(=O)c3cc4cc(Cl)ccc4[nH]3)sc2C1. The van der Waals surface area contributed by atoms with Gasteiger partial charge < -0.3 is 25.8 Å². The van der Waals surface area contributed by atoms with Gasteiger partial charge in [-0.2, -0.15) is 0 Å². The Kier molecular flexibility index (Phi) is 7.30. The molecule has 3 atom stereocenters. The lowest BCUT2D eigenvalue weighted by Gasteiger charge is -2.39. The lowest BCUT2D eigenvalue weighted by atomic mass is 10.0. The average molecular weight is 546 g/mol. The second-order valence-electron chi connectivity index (χ2n) is 10.6. The van der Waals surface area contributed by atoms with Crippen molar-refractivity contribution in [1.82, 2.24) is 25.5 Å². The van der Waals surface area contributed by atoms with E-state index in [1.165, 1.54) is 11.3 Å². The highest BCUT2D eigenvalue weighted by Gasteiger charge is 2.37. The maximum Gasteiger partial charge on any atom is 0.280 e. The van der Waals surface area contributed by atoms with Crippen molar-refractivity contribution < 1.29 is 19.8 Å². The smallest absolute Gasteiger partial charge is 0.280 e. The number of aliphatic hydroxyl groups excluding tert-OH is 2. The number of nitrogens with one attached hydrogen (secondary N) is 3. The number of carbonyl (C=O) groups is 2. The van der Waals surface area contributed by atoms with E-state index in [4.69, 9.17) is 11.6 Å². The Morgan fingerprint density at radius 3 is 2.62 bits per heavy atom. The van der Waals surface area contributed by atoms with Crippen molar-refractivity contribution in [1.29, 1.82) is 0 Å². The van der Waals surface area contributed by atoms with Crippen molar-refractivity contribution in [3.05, 3.63) is 50.6 Å². The Labute approximate surface area is 224 Å². The number of aromatic amines is 1. The molecule has 11 heteroatoms. The molecule has 3 aromatic rings. The van der Waals surface area contributed by atoms with E-state index in [2.05, 4.69) is 25.5 Å². The summed E-state index contributed by atoms with van der Waals surface area (Å²) in [5.41, 5.74) is 1.82. The molecule has 1 aliphatic heterocycles. The van der Waals surface area contributed by atoms with Crippen molar-refractivity contribution in [3.63, 3.8) is 0 Å². The molecule has 0 spiro atoms. The first kappa shape index (κ1) is 26.1. The van der Waals surface area contributed by atoms with Gasteiger partial charge in [0.25, 0.3) is 11.8 Å². The molecule has 9 nitrogen and oxygen atoms in total. The molecule has 0 radical (unpaired) electrons. The summed E-state index contributed by atoms with van der Waals surface area (Å²) < 4.78 is 0. The van der Waals surface area contributed by atoms with E-state index in [1.807, 2.05) is 19.9 Å². The van der Waals surface area contributed by atoms with Gasteiger partial charge in [-0.05, 0) is 56.9 Å². The minimum Gasteiger partial charge on any atom is -0.396 e. The van der Waals surface area contributed by atoms with E-state index in [0.717, 1.165) is 34.4 Å². The van der Waals surface area contributed by atoms with E-state index < -0.39 is 0 Å². The number of carbonyl (C=O) groups excluding carboxylic acids is 2. The van der Waals surface area contributed by atoms with Gasteiger partial charge in [-0.15, -0.1) is 11.3 Å². The van der Waals surface area contributed by atoms with Crippen molar-refractivity contribution in [3.8, 4) is 0 Å². The lowest BCUT2D eigenvalue weighted by molar-refractivity contribution is 0.0471. The number of nitrogens with zero attached hydrogens (tertiary/aromatic N) is 2. The highest BCUT2D eigenvalue weighted by atomic mass is 35.5. The van der Waals surface area contributed by atoms with E-state index in [-0.39, 0.29) is 48.6 Å². The van der Waals surface area contributed by atoms with Crippen LogP contribution in [0, 0.1) is 5.92 Å². The van der Waals surface area contributed by atoms with Gasteiger partial charge in [-0.3, -0.25) is 14.5 Å². The van der Waals surface area contributed by atoms with Crippen LogP contribution in [0.3, 0.4) is 0 Å². The van der Waals surface area contributed by atoms with Crippen LogP contribution in [-0.4, -0.2) is 74.3 Å². The summed E-state index contributed by atoms with van der Waals surface area (Å²) in [7, 11) is 0. The first-order chi connectivity index (χ1) is 17.7. The number of benzene rings is 1. The van der Waals surface area contributed by atoms with Gasteiger partial charge >= 0.3 is 0 Å². The molecular weight excluding hydrogens is 514 g/mol. The average Bonchev–Trinajstić information content (AvgIpc) is 3.59. The number of hydrogen-bond acceptors (Lipinski definition) is 7. The van der Waals surface area contributed by atoms with Gasteiger partial charge in [0.05, 0.1) is 12.3 Å². The normalized spacial score (nSPS) is 22.2. The summed E-state index contributed by atoms with van der Waals surface area (Å²) in [6.07, 6.45) is 1.87. The van der Waals surface area contributed by atoms with Crippen LogP contribution in [0.4, 0.5) is 0 Å². The Morgan fingerprint density at radius 1 is 1.19 bits per heavy atom. The summed E-state index contributed by atoms with van der Waals surface area (Å²) >= 11 is 7.45. The predicted octanol–water partition coefficient (Wildman–Crippen LogP) is 2.71. The Bertz CT molecular complexity index is 1320. The highest BCUT2D eigenvalue weighted by molar-refractivity contribution is 7.13. The van der Waals surface area contributed by atoms with Gasteiger partial charge in [0.15, 0.2) is 5.01 Å². The lowest BCUT2D eigenvalue weighted by Crippen LogP contribution is -2.48. The number of aliphatic hydroxyl groups is 2. The summed E-state index contributed by atoms with van der Waals surface area (Å²) in [4.78, 5) is 37.2. The first-order valence-corrected chi connectivity index (χ1v) is 13.7. The largest absolute Gasteiger partial charge is 0.396 e. The molecule has 37 heavy (non-hydrogen) atoms. The van der Waals surface area contributed by atoms with Gasteiger partial charge in [0, 0.05) is 64.5 Å². The molecule has 1 fully saturated rings. The first-order valence-electron chi connectivity index (χ1n) is 12.5. The maximum atomic E-state index is 13.2. The zero-order chi connectivity index (χ0) is 26.3. The topological polar surface area (TPSA) is 131 Å². The number of amides is 2. The minimum atomic E-state index is -0.337. The minimum absolute atomic E-state index is 0.00828. The van der Waals surface area contributed by atoms with Gasteiger partial charge in [-0.1, -0.05) is 11.6 Å². The fourth-order valence-corrected chi connectivity index (χ4v) is 6.43. The Hall–Kier alpha value is -2.50. The summed E-state index contributed by atoms with van der Waals surface area (Å²) in [5, 5.41) is 27.4. The predicted molar refractivity (Wildman–Crippen MR) is 143 cm³/mol. The highest BCUT2D eigenvalue weighted by Crippen LogP contribution is 2.31. The molecule has 5 N–H and O–H groups in total. The maximum absolute atomic E-state index is 13.2. The molecule has 5 rings (SSSR count). The molecule has 3 heterocycles. The Balaban J connectivity index is 1.27. The number of H-pyrrole nitrogens is 1. The summed E-state index contributed by atoms with van der Waals surface area (Å²) in [5.74, 6) is -0.558. The van der Waals surface area contributed by atoms with Crippen molar-refractivity contribution in [2.75, 3.05) is 19.8 Å². The van der Waals surface area contributed by atoms with E-state index >= 15 is 0 Å². The van der Waals surface area contributed by atoms with Crippen LogP contribution in [0.1, 0.15) is 57.6 Å². The number of hydrogen-bond donors (Lipinski definition) is 5. The number of fused-ring (bicyclic) bond motifs is 2. The fraction of sp³-hybridized carbons (Fsp3) is 0.500. The fourth-order valence-electron chi connectivity index (χ4n) is 5.22. The number of rotatable bonds is 7. The van der Waals surface area contributed by atoms with Crippen molar-refractivity contribution >= 4 is 45.7 Å². The van der Waals surface area contributed by atoms with Crippen LogP contribution in [0.15, 0.2) is 24.3 Å². The second-order valence-corrected chi connectivity index (χ2v) is 12.1. The number of halogens is 1. The van der Waals surface area contributed by atoms with Crippen LogP contribution in [0.25, 0.3) is 10.9 Å². The third-order valence-corrected chi connectivity index (χ3v) is 8.86. The summed E-state index contributed by atoms with van der Waals surface area (Å²) in [6.45, 7) is 5.49. The van der Waals surface area contributed by atoms with Crippen LogP contribution < -0.4 is 10.6 Å². The van der Waals surface area contributed by atoms with Crippen LogP contribution >= 0.6 is 22.9 Å². The molecule has 1 saturated carbocycles. The molecule has 1 unspecified atom stereocenters. The molecule has 2 amide bonds. The van der Waals surface area contributed by atoms with Gasteiger partial charge in [-0.25, -0.2) is 4.98 Å². The molecule has 1 aromatic carbocycles. The van der Waals surface area contributed by atoms with Gasteiger partial charge in [0.2, 0.25) is 0 Å². The van der Waals surface area contributed by atoms with Crippen molar-refractivity contribution in [2.45, 2.75) is 57.3 Å². The molecule has 2 aromatic heterocycles. The van der Waals surface area contributed by atoms with Crippen molar-refractivity contribution in [2.24, 2.45) is 5.92 Å². The summed E-state index contributed by atoms with van der Waals surface area (Å²) in [6, 6.07) is 6.49.